The predicted molar refractivity (Wildman–Crippen MR) is 122 cm³/mol. The van der Waals surface area contributed by atoms with E-state index in [4.69, 9.17) is 14.5 Å². The number of pyridine rings is 1. The van der Waals surface area contributed by atoms with Crippen LogP contribution in [0.15, 0.2) is 30.3 Å². The van der Waals surface area contributed by atoms with E-state index in [2.05, 4.69) is 21.8 Å². The third-order valence-electron chi connectivity index (χ3n) is 4.85. The van der Waals surface area contributed by atoms with Gasteiger partial charge in [0.1, 0.15) is 17.2 Å². The van der Waals surface area contributed by atoms with Gasteiger partial charge in [0.25, 0.3) is 0 Å². The molecular weight excluding hydrogens is 392 g/mol. The first-order valence-corrected chi connectivity index (χ1v) is 10.8. The fraction of sp³-hybridized carbons (Fsp3) is 0.458. The summed E-state index contributed by atoms with van der Waals surface area (Å²) < 4.78 is 13.6. The van der Waals surface area contributed by atoms with E-state index in [1.165, 1.54) is 0 Å². The van der Waals surface area contributed by atoms with E-state index in [-0.39, 0.29) is 0 Å². The highest BCUT2D eigenvalue weighted by molar-refractivity contribution is 5.85. The highest BCUT2D eigenvalue weighted by Gasteiger charge is 2.20. The van der Waals surface area contributed by atoms with Crippen LogP contribution in [0, 0.1) is 13.8 Å². The highest BCUT2D eigenvalue weighted by atomic mass is 16.6. The van der Waals surface area contributed by atoms with Gasteiger partial charge in [-0.25, -0.2) is 14.8 Å². The zero-order chi connectivity index (χ0) is 22.6. The maximum absolute atomic E-state index is 12.1. The van der Waals surface area contributed by atoms with Crippen molar-refractivity contribution in [3.05, 3.63) is 47.4 Å². The minimum absolute atomic E-state index is 0.420. The van der Waals surface area contributed by atoms with Gasteiger partial charge in [-0.15, -0.1) is 0 Å². The summed E-state index contributed by atoms with van der Waals surface area (Å²) in [7, 11) is 0. The molecule has 1 aromatic carbocycles. The lowest BCUT2D eigenvalue weighted by atomic mass is 10.2. The van der Waals surface area contributed by atoms with Crippen LogP contribution in [0.4, 0.5) is 4.79 Å². The average Bonchev–Trinajstić information content (AvgIpc) is 3.04. The molecule has 3 rings (SSSR count). The minimum atomic E-state index is -0.526. The first kappa shape index (κ1) is 22.6. The Bertz CT molecular complexity index is 1050. The maximum Gasteiger partial charge on any atom is 0.407 e. The van der Waals surface area contributed by atoms with Crippen LogP contribution in [0.3, 0.4) is 0 Å². The van der Waals surface area contributed by atoms with Gasteiger partial charge in [-0.05, 0) is 58.7 Å². The fourth-order valence-corrected chi connectivity index (χ4v) is 3.40. The third-order valence-corrected chi connectivity index (χ3v) is 4.85. The molecule has 0 saturated carbocycles. The summed E-state index contributed by atoms with van der Waals surface area (Å²) in [5.74, 6) is 2.18. The second-order valence-electron chi connectivity index (χ2n) is 8.60. The molecule has 1 amide bonds. The molecular formula is C24H32N4O3. The van der Waals surface area contributed by atoms with Gasteiger partial charge in [0, 0.05) is 25.2 Å². The molecule has 2 aromatic heterocycles. The second kappa shape index (κ2) is 9.37. The summed E-state index contributed by atoms with van der Waals surface area (Å²) in [6, 6.07) is 9.60. The molecule has 31 heavy (non-hydrogen) atoms. The standard InChI is InChI=1S/C24H32N4O3/c1-7-11-19-27-20-21(28(19)15-14-25-23(29)31-24(4,5)6)16(2)17(3)26-22(20)30-18-12-9-8-10-13-18/h8-10,12-13H,7,11,14-15H2,1-6H3,(H,25,29). The third kappa shape index (κ3) is 5.54. The Morgan fingerprint density at radius 1 is 1.13 bits per heavy atom. The van der Waals surface area contributed by atoms with Crippen LogP contribution in [-0.4, -0.2) is 32.8 Å². The molecule has 0 fully saturated rings. The molecule has 0 radical (unpaired) electrons. The molecule has 0 aliphatic carbocycles. The normalized spacial score (nSPS) is 11.5. The number of aryl methyl sites for hydroxylation is 3. The molecule has 0 spiro atoms. The number of hydrogen-bond donors (Lipinski definition) is 1. The number of para-hydroxylation sites is 1. The van der Waals surface area contributed by atoms with Crippen molar-refractivity contribution in [3.63, 3.8) is 0 Å². The number of fused-ring (bicyclic) bond motifs is 1. The lowest BCUT2D eigenvalue weighted by Crippen LogP contribution is -2.34. The van der Waals surface area contributed by atoms with Gasteiger partial charge in [0.05, 0.1) is 5.52 Å². The van der Waals surface area contributed by atoms with Crippen molar-refractivity contribution in [2.24, 2.45) is 0 Å². The van der Waals surface area contributed by atoms with E-state index in [0.29, 0.717) is 19.0 Å². The molecule has 0 aliphatic heterocycles. The Labute approximate surface area is 183 Å². The van der Waals surface area contributed by atoms with Crippen molar-refractivity contribution in [2.45, 2.75) is 66.5 Å². The van der Waals surface area contributed by atoms with E-state index < -0.39 is 11.7 Å². The first-order chi connectivity index (χ1) is 14.7. The van der Waals surface area contributed by atoms with Crippen molar-refractivity contribution >= 4 is 17.1 Å². The van der Waals surface area contributed by atoms with Gasteiger partial charge < -0.3 is 19.4 Å². The first-order valence-electron chi connectivity index (χ1n) is 10.8. The van der Waals surface area contributed by atoms with Gasteiger partial charge >= 0.3 is 6.09 Å². The lowest BCUT2D eigenvalue weighted by molar-refractivity contribution is 0.0526. The quantitative estimate of drug-likeness (QED) is 0.555. The SMILES string of the molecule is CCCc1nc2c(Oc3ccccc3)nc(C)c(C)c2n1CCNC(=O)OC(C)(C)C. The van der Waals surface area contributed by atoms with E-state index in [9.17, 15) is 4.79 Å². The van der Waals surface area contributed by atoms with Crippen LogP contribution >= 0.6 is 0 Å². The van der Waals surface area contributed by atoms with E-state index in [1.54, 1.807) is 0 Å². The van der Waals surface area contributed by atoms with E-state index in [0.717, 1.165) is 46.7 Å². The number of imidazole rings is 1. The highest BCUT2D eigenvalue weighted by Crippen LogP contribution is 2.32. The molecule has 0 bridgehead atoms. The molecule has 0 atom stereocenters. The van der Waals surface area contributed by atoms with Crippen LogP contribution in [0.1, 0.15) is 51.2 Å². The van der Waals surface area contributed by atoms with Gasteiger partial charge in [-0.3, -0.25) is 0 Å². The summed E-state index contributed by atoms with van der Waals surface area (Å²) in [4.78, 5) is 21.6. The Balaban J connectivity index is 1.94. The molecule has 166 valence electrons. The molecule has 3 aromatic rings. The number of rotatable bonds is 7. The number of nitrogens with one attached hydrogen (secondary N) is 1. The van der Waals surface area contributed by atoms with Gasteiger partial charge in [-0.2, -0.15) is 0 Å². The average molecular weight is 425 g/mol. The zero-order valence-corrected chi connectivity index (χ0v) is 19.3. The minimum Gasteiger partial charge on any atom is -0.444 e. The van der Waals surface area contributed by atoms with Gasteiger partial charge in [0.2, 0.25) is 5.88 Å². The number of aromatic nitrogens is 3. The number of hydrogen-bond acceptors (Lipinski definition) is 5. The van der Waals surface area contributed by atoms with Crippen molar-refractivity contribution < 1.29 is 14.3 Å². The Kier molecular flexibility index (Phi) is 6.83. The maximum atomic E-state index is 12.1. The van der Waals surface area contributed by atoms with Crippen molar-refractivity contribution in [2.75, 3.05) is 6.54 Å². The zero-order valence-electron chi connectivity index (χ0n) is 19.3. The largest absolute Gasteiger partial charge is 0.444 e. The molecule has 2 heterocycles. The summed E-state index contributed by atoms with van der Waals surface area (Å²) >= 11 is 0. The molecule has 1 N–H and O–H groups in total. The fourth-order valence-electron chi connectivity index (χ4n) is 3.40. The summed E-state index contributed by atoms with van der Waals surface area (Å²) in [6.45, 7) is 12.7. The number of ether oxygens (including phenoxy) is 2. The van der Waals surface area contributed by atoms with Crippen LogP contribution in [0.25, 0.3) is 11.0 Å². The number of amides is 1. The molecule has 0 unspecified atom stereocenters. The summed E-state index contributed by atoms with van der Waals surface area (Å²) in [5.41, 5.74) is 3.16. The summed E-state index contributed by atoms with van der Waals surface area (Å²) in [5, 5.41) is 2.84. The topological polar surface area (TPSA) is 78.3 Å². The number of benzene rings is 1. The number of carbonyl (C=O) groups excluding carboxylic acids is 1. The number of alkyl carbamates (subject to hydrolysis) is 1. The Morgan fingerprint density at radius 2 is 1.84 bits per heavy atom. The van der Waals surface area contributed by atoms with E-state index in [1.807, 2.05) is 65.0 Å². The molecule has 7 heteroatoms. The lowest BCUT2D eigenvalue weighted by Gasteiger charge is -2.20. The summed E-state index contributed by atoms with van der Waals surface area (Å²) in [6.07, 6.45) is 1.37. The van der Waals surface area contributed by atoms with Gasteiger partial charge in [-0.1, -0.05) is 25.1 Å². The van der Waals surface area contributed by atoms with Crippen LogP contribution in [0.5, 0.6) is 11.6 Å². The Hall–Kier alpha value is -3.09. The predicted octanol–water partition coefficient (Wildman–Crippen LogP) is 5.32. The van der Waals surface area contributed by atoms with Crippen molar-refractivity contribution in [1.82, 2.24) is 19.9 Å². The van der Waals surface area contributed by atoms with Crippen LogP contribution in [0.2, 0.25) is 0 Å². The second-order valence-corrected chi connectivity index (χ2v) is 8.60. The van der Waals surface area contributed by atoms with Crippen LogP contribution < -0.4 is 10.1 Å². The van der Waals surface area contributed by atoms with Crippen molar-refractivity contribution in [3.8, 4) is 11.6 Å². The Morgan fingerprint density at radius 3 is 2.48 bits per heavy atom. The molecule has 7 nitrogen and oxygen atoms in total. The smallest absolute Gasteiger partial charge is 0.407 e. The van der Waals surface area contributed by atoms with Gasteiger partial charge in [0.15, 0.2) is 5.52 Å². The molecule has 0 aliphatic rings. The molecule has 0 saturated heterocycles. The monoisotopic (exact) mass is 424 g/mol. The number of carbonyl (C=O) groups is 1. The number of nitrogens with zero attached hydrogens (tertiary/aromatic N) is 3. The van der Waals surface area contributed by atoms with Crippen molar-refractivity contribution in [1.29, 1.82) is 0 Å². The van der Waals surface area contributed by atoms with E-state index >= 15 is 0 Å². The van der Waals surface area contributed by atoms with Crippen LogP contribution in [-0.2, 0) is 17.7 Å².